The van der Waals surface area contributed by atoms with Crippen LogP contribution in [0.5, 0.6) is 0 Å². The van der Waals surface area contributed by atoms with Gasteiger partial charge in [-0.25, -0.2) is 9.97 Å². The molecule has 1 atom stereocenters. The van der Waals surface area contributed by atoms with Gasteiger partial charge in [0, 0.05) is 12.6 Å². The number of rotatable bonds is 5. The third-order valence-corrected chi connectivity index (χ3v) is 4.36. The van der Waals surface area contributed by atoms with Crippen molar-refractivity contribution in [2.45, 2.75) is 46.7 Å². The average Bonchev–Trinajstić information content (AvgIpc) is 2.83. The van der Waals surface area contributed by atoms with Crippen molar-refractivity contribution in [2.75, 3.05) is 5.73 Å². The summed E-state index contributed by atoms with van der Waals surface area (Å²) in [5.41, 5.74) is 9.58. The van der Waals surface area contributed by atoms with E-state index in [0.29, 0.717) is 35.0 Å². The number of nitrogens with zero attached hydrogens (tertiary/aromatic N) is 3. The van der Waals surface area contributed by atoms with Crippen LogP contribution in [0.4, 0.5) is 5.82 Å². The Morgan fingerprint density at radius 2 is 1.84 bits per heavy atom. The zero-order valence-electron chi connectivity index (χ0n) is 15.2. The highest BCUT2D eigenvalue weighted by molar-refractivity contribution is 6.10. The number of nitrogens with one attached hydrogen (secondary N) is 1. The number of carbonyl (C=O) groups excluding carboxylic acids is 1. The van der Waals surface area contributed by atoms with E-state index in [2.05, 4.69) is 19.2 Å². The number of benzene rings is 1. The van der Waals surface area contributed by atoms with Gasteiger partial charge in [0.15, 0.2) is 5.65 Å². The highest BCUT2D eigenvalue weighted by Crippen LogP contribution is 2.28. The molecule has 0 saturated heterocycles. The van der Waals surface area contributed by atoms with E-state index in [4.69, 9.17) is 15.7 Å². The Morgan fingerprint density at radius 3 is 2.44 bits per heavy atom. The van der Waals surface area contributed by atoms with Crippen molar-refractivity contribution in [1.82, 2.24) is 19.9 Å². The smallest absolute Gasteiger partial charge is 0.257 e. The SMILES string of the molecule is CC[C@H](C)NC(=O)c1c(N)n(CC(C)C)c2nc3ccccc3nc12. The molecule has 3 N–H and O–H groups in total. The molecule has 2 aromatic heterocycles. The lowest BCUT2D eigenvalue weighted by Crippen LogP contribution is -2.32. The predicted molar refractivity (Wildman–Crippen MR) is 102 cm³/mol. The third kappa shape index (κ3) is 3.16. The Labute approximate surface area is 147 Å². The average molecular weight is 339 g/mol. The van der Waals surface area contributed by atoms with Gasteiger partial charge in [0.05, 0.1) is 11.0 Å². The summed E-state index contributed by atoms with van der Waals surface area (Å²) < 4.78 is 1.91. The summed E-state index contributed by atoms with van der Waals surface area (Å²) in [6.45, 7) is 8.91. The van der Waals surface area contributed by atoms with Crippen molar-refractivity contribution >= 4 is 33.9 Å². The van der Waals surface area contributed by atoms with Crippen molar-refractivity contribution in [2.24, 2.45) is 5.92 Å². The van der Waals surface area contributed by atoms with Gasteiger partial charge in [0.25, 0.3) is 5.91 Å². The molecule has 132 valence electrons. The minimum Gasteiger partial charge on any atom is -0.384 e. The number of carbonyl (C=O) groups is 1. The van der Waals surface area contributed by atoms with Gasteiger partial charge in [0.2, 0.25) is 0 Å². The van der Waals surface area contributed by atoms with Gasteiger partial charge in [-0.3, -0.25) is 4.79 Å². The quantitative estimate of drug-likeness (QED) is 0.746. The van der Waals surface area contributed by atoms with Crippen LogP contribution in [0.15, 0.2) is 24.3 Å². The fourth-order valence-electron chi connectivity index (χ4n) is 2.89. The molecule has 0 bridgehead atoms. The van der Waals surface area contributed by atoms with Crippen LogP contribution in [0, 0.1) is 5.92 Å². The van der Waals surface area contributed by atoms with Crippen LogP contribution < -0.4 is 11.1 Å². The van der Waals surface area contributed by atoms with Gasteiger partial charge in [-0.05, 0) is 31.4 Å². The molecule has 0 aliphatic rings. The van der Waals surface area contributed by atoms with Crippen molar-refractivity contribution < 1.29 is 4.79 Å². The van der Waals surface area contributed by atoms with Crippen molar-refractivity contribution in [1.29, 1.82) is 0 Å². The number of anilines is 1. The van der Waals surface area contributed by atoms with Crippen LogP contribution in [0.3, 0.4) is 0 Å². The number of hydrogen-bond acceptors (Lipinski definition) is 4. The maximum Gasteiger partial charge on any atom is 0.257 e. The lowest BCUT2D eigenvalue weighted by atomic mass is 10.2. The summed E-state index contributed by atoms with van der Waals surface area (Å²) in [7, 11) is 0. The van der Waals surface area contributed by atoms with Gasteiger partial charge in [-0.1, -0.05) is 32.9 Å². The molecular formula is C19H25N5O. The standard InChI is InChI=1S/C19H25N5O/c1-5-12(4)21-19(25)15-16-18(24(17(15)20)10-11(2)3)23-14-9-7-6-8-13(14)22-16/h6-9,11-12H,5,10,20H2,1-4H3,(H,21,25)/t12-/m0/s1. The Morgan fingerprint density at radius 1 is 1.20 bits per heavy atom. The first-order chi connectivity index (χ1) is 11.9. The summed E-state index contributed by atoms with van der Waals surface area (Å²) in [6, 6.07) is 7.73. The zero-order chi connectivity index (χ0) is 18.1. The lowest BCUT2D eigenvalue weighted by Gasteiger charge is -2.12. The fourth-order valence-corrected chi connectivity index (χ4v) is 2.89. The molecule has 6 nitrogen and oxygen atoms in total. The van der Waals surface area contributed by atoms with Gasteiger partial charge in [-0.2, -0.15) is 0 Å². The Bertz CT molecular complexity index is 928. The van der Waals surface area contributed by atoms with Crippen LogP contribution in [-0.2, 0) is 6.54 Å². The topological polar surface area (TPSA) is 85.8 Å². The fraction of sp³-hybridized carbons (Fsp3) is 0.421. The number of fused-ring (bicyclic) bond motifs is 2. The summed E-state index contributed by atoms with van der Waals surface area (Å²) in [4.78, 5) is 22.2. The molecule has 0 aliphatic carbocycles. The Kier molecular flexibility index (Phi) is 4.61. The van der Waals surface area contributed by atoms with Gasteiger partial charge in [-0.15, -0.1) is 0 Å². The summed E-state index contributed by atoms with van der Waals surface area (Å²) in [6.07, 6.45) is 0.852. The maximum atomic E-state index is 12.8. The van der Waals surface area contributed by atoms with E-state index in [1.807, 2.05) is 42.7 Å². The summed E-state index contributed by atoms with van der Waals surface area (Å²) >= 11 is 0. The molecule has 1 aromatic carbocycles. The van der Waals surface area contributed by atoms with Crippen LogP contribution in [0.2, 0.25) is 0 Å². The lowest BCUT2D eigenvalue weighted by molar-refractivity contribution is 0.0941. The molecule has 0 saturated carbocycles. The molecule has 3 aromatic rings. The second-order valence-corrected chi connectivity index (χ2v) is 6.93. The molecule has 0 unspecified atom stereocenters. The first kappa shape index (κ1) is 17.2. The van der Waals surface area contributed by atoms with Crippen LogP contribution >= 0.6 is 0 Å². The Hall–Kier alpha value is -2.63. The summed E-state index contributed by atoms with van der Waals surface area (Å²) in [5.74, 6) is 0.611. The van der Waals surface area contributed by atoms with E-state index in [1.165, 1.54) is 0 Å². The Balaban J connectivity index is 2.25. The number of amides is 1. The zero-order valence-corrected chi connectivity index (χ0v) is 15.2. The van der Waals surface area contributed by atoms with Crippen molar-refractivity contribution in [3.63, 3.8) is 0 Å². The molecule has 1 amide bonds. The summed E-state index contributed by atoms with van der Waals surface area (Å²) in [5, 5.41) is 2.99. The maximum absolute atomic E-state index is 12.8. The molecule has 0 aliphatic heterocycles. The van der Waals surface area contributed by atoms with Crippen molar-refractivity contribution in [3.8, 4) is 0 Å². The molecule has 0 spiro atoms. The van der Waals surface area contributed by atoms with E-state index >= 15 is 0 Å². The molecule has 2 heterocycles. The number of nitrogens with two attached hydrogens (primary N) is 1. The largest absolute Gasteiger partial charge is 0.384 e. The highest BCUT2D eigenvalue weighted by atomic mass is 16.1. The molecule has 3 rings (SSSR count). The second kappa shape index (κ2) is 6.70. The van der Waals surface area contributed by atoms with Gasteiger partial charge in [0.1, 0.15) is 16.9 Å². The van der Waals surface area contributed by atoms with Crippen molar-refractivity contribution in [3.05, 3.63) is 29.8 Å². The minimum atomic E-state index is -0.191. The highest BCUT2D eigenvalue weighted by Gasteiger charge is 2.24. The second-order valence-electron chi connectivity index (χ2n) is 6.93. The number of hydrogen-bond donors (Lipinski definition) is 2. The number of para-hydroxylation sites is 2. The minimum absolute atomic E-state index is 0.0730. The van der Waals surface area contributed by atoms with Crippen LogP contribution in [0.25, 0.3) is 22.2 Å². The van der Waals surface area contributed by atoms with Gasteiger partial charge < -0.3 is 15.6 Å². The molecule has 0 fully saturated rings. The number of nitrogen functional groups attached to an aromatic ring is 1. The molecule has 6 heteroatoms. The van der Waals surface area contributed by atoms with E-state index in [0.717, 1.165) is 17.5 Å². The molecule has 25 heavy (non-hydrogen) atoms. The first-order valence-corrected chi connectivity index (χ1v) is 8.77. The predicted octanol–water partition coefficient (Wildman–Crippen LogP) is 3.35. The molecular weight excluding hydrogens is 314 g/mol. The van der Waals surface area contributed by atoms with Crippen LogP contribution in [-0.4, -0.2) is 26.5 Å². The van der Waals surface area contributed by atoms with Gasteiger partial charge >= 0.3 is 0 Å². The van der Waals surface area contributed by atoms with E-state index in [9.17, 15) is 4.79 Å². The van der Waals surface area contributed by atoms with E-state index < -0.39 is 0 Å². The normalized spacial score (nSPS) is 12.8. The third-order valence-electron chi connectivity index (χ3n) is 4.36. The first-order valence-electron chi connectivity index (χ1n) is 8.77. The molecule has 0 radical (unpaired) electrons. The monoisotopic (exact) mass is 339 g/mol. The van der Waals surface area contributed by atoms with Crippen LogP contribution in [0.1, 0.15) is 44.5 Å². The number of aromatic nitrogens is 3. The van der Waals surface area contributed by atoms with E-state index in [-0.39, 0.29) is 11.9 Å². The van der Waals surface area contributed by atoms with E-state index in [1.54, 1.807) is 0 Å².